The highest BCUT2D eigenvalue weighted by Gasteiger charge is 2.31. The molecule has 140 valence electrons. The zero-order chi connectivity index (χ0) is 19.4. The van der Waals surface area contributed by atoms with Crippen LogP contribution in [0.15, 0.2) is 59.8 Å². The van der Waals surface area contributed by atoms with Crippen LogP contribution in [0, 0.1) is 0 Å². The Hall–Kier alpha value is -3.48. The van der Waals surface area contributed by atoms with Gasteiger partial charge in [0.1, 0.15) is 11.5 Å². The number of methoxy groups -OCH3 is 2. The summed E-state index contributed by atoms with van der Waals surface area (Å²) in [4.78, 5) is 24.9. The Morgan fingerprint density at radius 2 is 1.74 bits per heavy atom. The van der Waals surface area contributed by atoms with E-state index in [1.165, 1.54) is 0 Å². The zero-order valence-corrected chi connectivity index (χ0v) is 15.3. The molecule has 3 amide bonds. The van der Waals surface area contributed by atoms with Crippen molar-refractivity contribution in [1.82, 2.24) is 10.6 Å². The van der Waals surface area contributed by atoms with Gasteiger partial charge in [0.25, 0.3) is 5.91 Å². The molecule has 0 spiro atoms. The van der Waals surface area contributed by atoms with Crippen LogP contribution in [0.3, 0.4) is 0 Å². The molecule has 0 aromatic heterocycles. The maximum absolute atomic E-state index is 13.0. The Balaban J connectivity index is 1.91. The van der Waals surface area contributed by atoms with E-state index in [-0.39, 0.29) is 11.9 Å². The van der Waals surface area contributed by atoms with Gasteiger partial charge < -0.3 is 25.4 Å². The van der Waals surface area contributed by atoms with Crippen LogP contribution in [-0.2, 0) is 4.79 Å². The van der Waals surface area contributed by atoms with E-state index in [0.29, 0.717) is 28.5 Å². The molecule has 1 aliphatic rings. The van der Waals surface area contributed by atoms with Crippen LogP contribution in [0.5, 0.6) is 11.5 Å². The maximum Gasteiger partial charge on any atom is 0.319 e. The Morgan fingerprint density at radius 3 is 2.41 bits per heavy atom. The van der Waals surface area contributed by atoms with E-state index >= 15 is 0 Å². The van der Waals surface area contributed by atoms with Crippen LogP contribution in [0.1, 0.15) is 18.5 Å². The summed E-state index contributed by atoms with van der Waals surface area (Å²) in [5.41, 5.74) is 2.31. The molecule has 7 nitrogen and oxygen atoms in total. The highest BCUT2D eigenvalue weighted by molar-refractivity contribution is 6.06. The smallest absolute Gasteiger partial charge is 0.319 e. The van der Waals surface area contributed by atoms with Gasteiger partial charge in [-0.1, -0.05) is 18.2 Å². The van der Waals surface area contributed by atoms with E-state index in [1.54, 1.807) is 57.5 Å². The molecule has 1 atom stereocenters. The maximum atomic E-state index is 13.0. The number of hydrogen-bond donors (Lipinski definition) is 3. The number of nitrogens with one attached hydrogen (secondary N) is 3. The number of allylic oxidation sites excluding steroid dienone is 1. The van der Waals surface area contributed by atoms with Gasteiger partial charge in [-0.25, -0.2) is 4.79 Å². The fraction of sp³-hybridized carbons (Fsp3) is 0.200. The van der Waals surface area contributed by atoms with E-state index < -0.39 is 6.04 Å². The van der Waals surface area contributed by atoms with Crippen molar-refractivity contribution in [2.75, 3.05) is 19.5 Å². The van der Waals surface area contributed by atoms with Gasteiger partial charge in [0, 0.05) is 17.5 Å². The van der Waals surface area contributed by atoms with Crippen molar-refractivity contribution in [3.63, 3.8) is 0 Å². The van der Waals surface area contributed by atoms with Crippen molar-refractivity contribution >= 4 is 17.6 Å². The van der Waals surface area contributed by atoms with Crippen molar-refractivity contribution in [3.05, 3.63) is 65.4 Å². The van der Waals surface area contributed by atoms with Crippen LogP contribution in [0.25, 0.3) is 0 Å². The van der Waals surface area contributed by atoms with Crippen LogP contribution in [0.4, 0.5) is 10.5 Å². The van der Waals surface area contributed by atoms with Gasteiger partial charge in [0.2, 0.25) is 0 Å². The summed E-state index contributed by atoms with van der Waals surface area (Å²) in [6, 6.07) is 13.4. The van der Waals surface area contributed by atoms with Crippen molar-refractivity contribution in [2.24, 2.45) is 0 Å². The number of urea groups is 1. The van der Waals surface area contributed by atoms with Crippen LogP contribution >= 0.6 is 0 Å². The predicted molar refractivity (Wildman–Crippen MR) is 102 cm³/mol. The Kier molecular flexibility index (Phi) is 5.30. The molecule has 7 heteroatoms. The minimum Gasteiger partial charge on any atom is -0.497 e. The molecule has 2 aromatic rings. The number of carbonyl (C=O) groups excluding carboxylic acids is 2. The number of anilines is 1. The quantitative estimate of drug-likeness (QED) is 0.758. The molecule has 1 heterocycles. The van der Waals surface area contributed by atoms with Crippen molar-refractivity contribution in [1.29, 1.82) is 0 Å². The predicted octanol–water partition coefficient (Wildman–Crippen LogP) is 2.97. The fourth-order valence-electron chi connectivity index (χ4n) is 2.94. The number of ether oxygens (including phenoxy) is 2. The molecule has 0 unspecified atom stereocenters. The van der Waals surface area contributed by atoms with Crippen LogP contribution < -0.4 is 25.4 Å². The molecule has 2 aromatic carbocycles. The summed E-state index contributed by atoms with van der Waals surface area (Å²) < 4.78 is 10.4. The van der Waals surface area contributed by atoms with E-state index in [2.05, 4.69) is 16.0 Å². The van der Waals surface area contributed by atoms with Crippen molar-refractivity contribution in [2.45, 2.75) is 13.0 Å². The lowest BCUT2D eigenvalue weighted by atomic mass is 9.94. The van der Waals surface area contributed by atoms with Crippen molar-refractivity contribution in [3.8, 4) is 11.5 Å². The van der Waals surface area contributed by atoms with Gasteiger partial charge >= 0.3 is 6.03 Å². The number of rotatable bonds is 5. The topological polar surface area (TPSA) is 88.7 Å². The molecular formula is C20H21N3O4. The Bertz CT molecular complexity index is 890. The van der Waals surface area contributed by atoms with Crippen LogP contribution in [0.2, 0.25) is 0 Å². The fourth-order valence-corrected chi connectivity index (χ4v) is 2.94. The molecule has 27 heavy (non-hydrogen) atoms. The molecule has 0 aliphatic carbocycles. The molecule has 0 saturated heterocycles. The van der Waals surface area contributed by atoms with E-state index in [0.717, 1.165) is 5.56 Å². The summed E-state index contributed by atoms with van der Waals surface area (Å²) in [7, 11) is 3.15. The second-order valence-corrected chi connectivity index (χ2v) is 6.03. The summed E-state index contributed by atoms with van der Waals surface area (Å²) in [6.45, 7) is 1.70. The highest BCUT2D eigenvalue weighted by Crippen LogP contribution is 2.29. The van der Waals surface area contributed by atoms with Gasteiger partial charge in [0.15, 0.2) is 0 Å². The zero-order valence-electron chi connectivity index (χ0n) is 15.3. The monoisotopic (exact) mass is 367 g/mol. The molecule has 0 bridgehead atoms. The lowest BCUT2D eigenvalue weighted by molar-refractivity contribution is -0.113. The minimum atomic E-state index is -0.574. The first kappa shape index (κ1) is 18.3. The normalized spacial score (nSPS) is 16.3. The van der Waals surface area contributed by atoms with Crippen molar-refractivity contribution < 1.29 is 19.1 Å². The molecule has 1 aliphatic heterocycles. The van der Waals surface area contributed by atoms with E-state index in [4.69, 9.17) is 9.47 Å². The molecule has 3 N–H and O–H groups in total. The lowest BCUT2D eigenvalue weighted by Crippen LogP contribution is -2.45. The second kappa shape index (κ2) is 7.82. The standard InChI is InChI=1S/C20H21N3O4/c1-12-17(19(24)22-14-5-4-6-16(11-14)27-3)18(23-20(25)21-12)13-7-9-15(26-2)10-8-13/h4-11,18H,1-3H3,(H,22,24)(H2,21,23,25)/t18-/m1/s1. The number of carbonyl (C=O) groups is 2. The van der Waals surface area contributed by atoms with Gasteiger partial charge in [-0.2, -0.15) is 0 Å². The number of hydrogen-bond acceptors (Lipinski definition) is 4. The minimum absolute atomic E-state index is 0.311. The lowest BCUT2D eigenvalue weighted by Gasteiger charge is -2.28. The number of amides is 3. The van der Waals surface area contributed by atoms with Gasteiger partial charge in [0.05, 0.1) is 25.8 Å². The third kappa shape index (κ3) is 4.03. The van der Waals surface area contributed by atoms with E-state index in [9.17, 15) is 9.59 Å². The van der Waals surface area contributed by atoms with Gasteiger partial charge in [-0.15, -0.1) is 0 Å². The summed E-state index contributed by atoms with van der Waals surface area (Å²) in [6.07, 6.45) is 0. The molecular weight excluding hydrogens is 346 g/mol. The number of benzene rings is 2. The summed E-state index contributed by atoms with van der Waals surface area (Å²) in [5.74, 6) is 1.02. The third-order valence-electron chi connectivity index (χ3n) is 4.29. The average molecular weight is 367 g/mol. The SMILES string of the molecule is COc1ccc([C@H]2NC(=O)NC(C)=C2C(=O)Nc2cccc(OC)c2)cc1. The average Bonchev–Trinajstić information content (AvgIpc) is 2.67. The molecule has 3 rings (SSSR count). The summed E-state index contributed by atoms with van der Waals surface area (Å²) >= 11 is 0. The molecule has 0 fully saturated rings. The highest BCUT2D eigenvalue weighted by atomic mass is 16.5. The molecule has 0 radical (unpaired) electrons. The Morgan fingerprint density at radius 1 is 1.04 bits per heavy atom. The first-order valence-electron chi connectivity index (χ1n) is 8.39. The van der Waals surface area contributed by atoms with E-state index in [1.807, 2.05) is 12.1 Å². The summed E-state index contributed by atoms with van der Waals surface area (Å²) in [5, 5.41) is 8.33. The second-order valence-electron chi connectivity index (χ2n) is 6.03. The Labute approximate surface area is 157 Å². The van der Waals surface area contributed by atoms with Gasteiger partial charge in [-0.3, -0.25) is 4.79 Å². The molecule has 0 saturated carbocycles. The largest absolute Gasteiger partial charge is 0.497 e. The first-order chi connectivity index (χ1) is 13.0. The third-order valence-corrected chi connectivity index (χ3v) is 4.29. The van der Waals surface area contributed by atoms with Gasteiger partial charge in [-0.05, 0) is 36.8 Å². The first-order valence-corrected chi connectivity index (χ1v) is 8.39. The van der Waals surface area contributed by atoms with Crippen LogP contribution in [-0.4, -0.2) is 26.2 Å².